The first-order valence-electron chi connectivity index (χ1n) is 2.76. The van der Waals surface area contributed by atoms with Crippen molar-refractivity contribution in [2.24, 2.45) is 0 Å². The number of rotatable bonds is 3. The second-order valence-electron chi connectivity index (χ2n) is 1.77. The summed E-state index contributed by atoms with van der Waals surface area (Å²) >= 11 is 0. The molecule has 0 aromatic heterocycles. The summed E-state index contributed by atoms with van der Waals surface area (Å²) in [6.07, 6.45) is -1.29. The van der Waals surface area contributed by atoms with Crippen LogP contribution in [-0.4, -0.2) is 34.0 Å². The van der Waals surface area contributed by atoms with Gasteiger partial charge in [0.1, 0.15) is 0 Å². The van der Waals surface area contributed by atoms with E-state index in [1.807, 2.05) is 5.32 Å². The van der Waals surface area contributed by atoms with E-state index in [0.717, 1.165) is 0 Å². The van der Waals surface area contributed by atoms with Gasteiger partial charge in [0.15, 0.2) is 0 Å². The van der Waals surface area contributed by atoms with Crippen molar-refractivity contribution >= 4 is 17.6 Å². The predicted molar refractivity (Wildman–Crippen MR) is 35.3 cm³/mol. The second kappa shape index (κ2) is 4.19. The lowest BCUT2D eigenvalue weighted by Crippen LogP contribution is -2.31. The van der Waals surface area contributed by atoms with Crippen molar-refractivity contribution in [3.63, 3.8) is 0 Å². The monoisotopic (exact) mass is 157 g/mol. The normalized spacial score (nSPS) is 8.09. The van der Waals surface area contributed by atoms with Crippen LogP contribution in [0.3, 0.4) is 0 Å². The number of hydrogen-bond donors (Lipinski definition) is 2. The van der Waals surface area contributed by atoms with Crippen LogP contribution in [0.5, 0.6) is 0 Å². The maximum atomic E-state index is 10.7. The molecule has 0 fully saturated rings. The van der Waals surface area contributed by atoms with Gasteiger partial charge in [-0.2, -0.15) is 4.79 Å². The molecule has 2 N–H and O–H groups in total. The first kappa shape index (κ1) is 9.32. The lowest BCUT2D eigenvalue weighted by atomic mass is 10.3. The third-order valence-corrected chi connectivity index (χ3v) is 0.954. The minimum absolute atomic E-state index is 0.126. The topological polar surface area (TPSA) is 103 Å². The number of nitrogens with one attached hydrogen (secondary N) is 1. The molecule has 0 spiro atoms. The molecule has 1 amide bonds. The molecule has 0 aliphatic carbocycles. The highest BCUT2D eigenvalue weighted by Crippen LogP contribution is 1.72. The molecular formula is C5H7N3O3. The molecule has 0 saturated carbocycles. The zero-order chi connectivity index (χ0) is 8.85. The van der Waals surface area contributed by atoms with Crippen LogP contribution in [0, 0.1) is 0 Å². The van der Waals surface area contributed by atoms with Crippen LogP contribution in [0.2, 0.25) is 0 Å². The number of hydrogen-bond acceptors (Lipinski definition) is 2. The smallest absolute Gasteiger partial charge is 0.405 e. The van der Waals surface area contributed by atoms with Crippen LogP contribution < -0.4 is 5.32 Å². The van der Waals surface area contributed by atoms with Gasteiger partial charge in [-0.3, -0.25) is 4.79 Å². The third kappa shape index (κ3) is 3.83. The zero-order valence-corrected chi connectivity index (χ0v) is 5.87. The maximum absolute atomic E-state index is 10.7. The van der Waals surface area contributed by atoms with Crippen LogP contribution in [0.4, 0.5) is 4.79 Å². The van der Waals surface area contributed by atoms with E-state index in [1.54, 1.807) is 0 Å². The minimum Gasteiger partial charge on any atom is -0.465 e. The van der Waals surface area contributed by atoms with E-state index in [9.17, 15) is 9.59 Å². The first-order chi connectivity index (χ1) is 5.07. The third-order valence-electron chi connectivity index (χ3n) is 0.954. The lowest BCUT2D eigenvalue weighted by Gasteiger charge is -1.92. The molecule has 60 valence electrons. The van der Waals surface area contributed by atoms with E-state index in [4.69, 9.17) is 10.6 Å². The van der Waals surface area contributed by atoms with Crippen molar-refractivity contribution in [1.82, 2.24) is 5.32 Å². The van der Waals surface area contributed by atoms with Gasteiger partial charge in [0.2, 0.25) is 0 Å². The van der Waals surface area contributed by atoms with Crippen molar-refractivity contribution in [2.75, 3.05) is 6.54 Å². The Balaban J connectivity index is 3.90. The molecule has 0 unspecified atom stereocenters. The van der Waals surface area contributed by atoms with E-state index in [1.165, 1.54) is 6.92 Å². The molecule has 0 saturated heterocycles. The first-order valence-corrected chi connectivity index (χ1v) is 2.76. The summed E-state index contributed by atoms with van der Waals surface area (Å²) in [5.41, 5.74) is 7.94. The Morgan fingerprint density at radius 2 is 2.18 bits per heavy atom. The largest absolute Gasteiger partial charge is 0.465 e. The molecule has 0 radical (unpaired) electrons. The van der Waals surface area contributed by atoms with E-state index in [2.05, 4.69) is 4.79 Å². The lowest BCUT2D eigenvalue weighted by molar-refractivity contribution is -0.116. The van der Waals surface area contributed by atoms with Crippen LogP contribution in [0.15, 0.2) is 0 Å². The quantitative estimate of drug-likeness (QED) is 0.328. The van der Waals surface area contributed by atoms with E-state index in [0.29, 0.717) is 0 Å². The molecule has 0 rings (SSSR count). The molecule has 0 aliphatic heterocycles. The van der Waals surface area contributed by atoms with Gasteiger partial charge in [0.05, 0.1) is 6.54 Å². The summed E-state index contributed by atoms with van der Waals surface area (Å²) in [6.45, 7) is 0.914. The highest BCUT2D eigenvalue weighted by Gasteiger charge is 2.13. The van der Waals surface area contributed by atoms with Crippen molar-refractivity contribution in [1.29, 1.82) is 0 Å². The van der Waals surface area contributed by atoms with Gasteiger partial charge < -0.3 is 16.0 Å². The Morgan fingerprint density at radius 3 is 2.55 bits per heavy atom. The Kier molecular flexibility index (Phi) is 3.55. The SMILES string of the molecule is CC(=[N+]=[N-])C(=O)CNC(=O)O. The van der Waals surface area contributed by atoms with Crippen LogP contribution in [0.25, 0.3) is 5.53 Å². The van der Waals surface area contributed by atoms with Gasteiger partial charge in [0, 0.05) is 6.92 Å². The van der Waals surface area contributed by atoms with Gasteiger partial charge in [-0.25, -0.2) is 4.79 Å². The Hall–Kier alpha value is -1.68. The predicted octanol–water partition coefficient (Wildman–Crippen LogP) is -0.486. The zero-order valence-electron chi connectivity index (χ0n) is 5.87. The number of carbonyl (C=O) groups is 2. The highest BCUT2D eigenvalue weighted by atomic mass is 16.4. The molecule has 0 aromatic carbocycles. The second-order valence-corrected chi connectivity index (χ2v) is 1.77. The number of amides is 1. The molecule has 0 aromatic rings. The van der Waals surface area contributed by atoms with Crippen LogP contribution >= 0.6 is 0 Å². The van der Waals surface area contributed by atoms with Crippen molar-refractivity contribution in [3.8, 4) is 0 Å². The molecule has 6 heteroatoms. The number of Topliss-reactive ketones (excluding diaryl/α,β-unsaturated/α-hetero) is 1. The Labute approximate surface area is 62.4 Å². The standard InChI is InChI=1S/C5H7N3O3/c1-3(8-6)4(9)2-7-5(10)11/h7H,2H2,1H3,(H,10,11). The van der Waals surface area contributed by atoms with Crippen LogP contribution in [0.1, 0.15) is 6.92 Å². The van der Waals surface area contributed by atoms with Crippen molar-refractivity contribution < 1.29 is 19.5 Å². The number of carboxylic acid groups (broad SMARTS) is 1. The van der Waals surface area contributed by atoms with Crippen molar-refractivity contribution in [3.05, 3.63) is 5.53 Å². The fraction of sp³-hybridized carbons (Fsp3) is 0.400. The van der Waals surface area contributed by atoms with Gasteiger partial charge in [-0.1, -0.05) is 0 Å². The number of carbonyl (C=O) groups excluding carboxylic acids is 1. The molecule has 0 heterocycles. The number of ketones is 1. The average molecular weight is 157 g/mol. The fourth-order valence-electron chi connectivity index (χ4n) is 0.340. The van der Waals surface area contributed by atoms with Crippen molar-refractivity contribution in [2.45, 2.75) is 6.92 Å². The maximum Gasteiger partial charge on any atom is 0.405 e. The van der Waals surface area contributed by atoms with Gasteiger partial charge in [-0.05, 0) is 0 Å². The van der Waals surface area contributed by atoms with E-state index >= 15 is 0 Å². The van der Waals surface area contributed by atoms with Crippen LogP contribution in [-0.2, 0) is 4.79 Å². The summed E-state index contributed by atoms with van der Waals surface area (Å²) < 4.78 is 0. The summed E-state index contributed by atoms with van der Waals surface area (Å²) in [7, 11) is 0. The van der Waals surface area contributed by atoms with Gasteiger partial charge in [-0.15, -0.1) is 0 Å². The molecular weight excluding hydrogens is 150 g/mol. The van der Waals surface area contributed by atoms with E-state index in [-0.39, 0.29) is 12.3 Å². The summed E-state index contributed by atoms with van der Waals surface area (Å²) in [5, 5.41) is 9.89. The summed E-state index contributed by atoms with van der Waals surface area (Å²) in [6, 6.07) is 0. The Morgan fingerprint density at radius 1 is 1.64 bits per heavy atom. The average Bonchev–Trinajstić information content (AvgIpc) is 1.98. The number of nitrogens with zero attached hydrogens (tertiary/aromatic N) is 2. The molecule has 0 bridgehead atoms. The van der Waals surface area contributed by atoms with Gasteiger partial charge in [0.25, 0.3) is 5.78 Å². The highest BCUT2D eigenvalue weighted by molar-refractivity contribution is 6.37. The summed E-state index contributed by atoms with van der Waals surface area (Å²) in [4.78, 5) is 23.1. The minimum atomic E-state index is -1.29. The molecule has 0 atom stereocenters. The Bertz CT molecular complexity index is 229. The fourth-order valence-corrected chi connectivity index (χ4v) is 0.340. The molecule has 0 aliphatic rings. The molecule has 11 heavy (non-hydrogen) atoms. The van der Waals surface area contributed by atoms with Gasteiger partial charge >= 0.3 is 11.8 Å². The van der Waals surface area contributed by atoms with E-state index < -0.39 is 11.9 Å². The molecule has 6 nitrogen and oxygen atoms in total. The summed E-state index contributed by atoms with van der Waals surface area (Å²) in [5.74, 6) is -0.560.